The highest BCUT2D eigenvalue weighted by Crippen LogP contribution is 2.13. The Bertz CT molecular complexity index is 862. The highest BCUT2D eigenvalue weighted by molar-refractivity contribution is 7.10. The molecule has 0 aliphatic heterocycles. The van der Waals surface area contributed by atoms with Gasteiger partial charge < -0.3 is 5.11 Å². The third-order valence-electron chi connectivity index (χ3n) is 3.16. The summed E-state index contributed by atoms with van der Waals surface area (Å²) in [5.74, 6) is -1.33. The van der Waals surface area contributed by atoms with E-state index in [0.29, 0.717) is 11.3 Å². The summed E-state index contributed by atoms with van der Waals surface area (Å²) in [7, 11) is 0. The summed E-state index contributed by atoms with van der Waals surface area (Å²) in [4.78, 5) is 24.2. The van der Waals surface area contributed by atoms with E-state index >= 15 is 0 Å². The fraction of sp³-hybridized carbons (Fsp3) is 0. The average molecular weight is 324 g/mol. The Morgan fingerprint density at radius 3 is 2.43 bits per heavy atom. The molecule has 2 heterocycles. The van der Waals surface area contributed by atoms with E-state index in [2.05, 4.69) is 5.10 Å². The molecule has 0 saturated heterocycles. The zero-order valence-electron chi connectivity index (χ0n) is 11.9. The van der Waals surface area contributed by atoms with E-state index in [9.17, 15) is 9.59 Å². The van der Waals surface area contributed by atoms with Crippen LogP contribution in [0.2, 0.25) is 0 Å². The van der Waals surface area contributed by atoms with Crippen molar-refractivity contribution in [2.75, 3.05) is 0 Å². The number of carboxylic acids is 1. The van der Waals surface area contributed by atoms with Crippen LogP contribution < -0.4 is 0 Å². The Balaban J connectivity index is 1.76. The molecule has 6 heteroatoms. The van der Waals surface area contributed by atoms with Gasteiger partial charge in [0.1, 0.15) is 0 Å². The first kappa shape index (κ1) is 14.9. The minimum Gasteiger partial charge on any atom is -0.478 e. The predicted molar refractivity (Wildman–Crippen MR) is 88.6 cm³/mol. The van der Waals surface area contributed by atoms with Gasteiger partial charge in [-0.05, 0) is 53.9 Å². The van der Waals surface area contributed by atoms with Crippen LogP contribution in [0.4, 0.5) is 0 Å². The molecule has 3 rings (SSSR count). The van der Waals surface area contributed by atoms with E-state index in [-0.39, 0.29) is 11.5 Å². The van der Waals surface area contributed by atoms with E-state index in [1.165, 1.54) is 28.9 Å². The van der Waals surface area contributed by atoms with E-state index < -0.39 is 5.97 Å². The number of benzene rings is 1. The predicted octanol–water partition coefficient (Wildman–Crippen LogP) is 3.50. The maximum atomic E-state index is 12.3. The van der Waals surface area contributed by atoms with Crippen LogP contribution in [-0.4, -0.2) is 26.8 Å². The summed E-state index contributed by atoms with van der Waals surface area (Å²) in [6.07, 6.45) is 5.36. The fourth-order valence-electron chi connectivity index (χ4n) is 1.98. The summed E-state index contributed by atoms with van der Waals surface area (Å²) in [6, 6.07) is 11.5. The number of rotatable bonds is 4. The number of aromatic carboxylic acids is 1. The lowest BCUT2D eigenvalue weighted by Gasteiger charge is -2.01. The normalized spacial score (nSPS) is 11.0. The number of hydrogen-bond donors (Lipinski definition) is 1. The molecular formula is C17H12N2O3S. The molecule has 23 heavy (non-hydrogen) atoms. The number of carbonyl (C=O) groups is 2. The van der Waals surface area contributed by atoms with Gasteiger partial charge in [0.05, 0.1) is 11.3 Å². The standard InChI is InChI=1S/C17H12N2O3S/c20-16(12-3-5-13(6-4-12)17(21)22)19-10-9-14(18-19)7-8-15-2-1-11-23-15/h1-11H,(H,21,22). The molecule has 1 N–H and O–H groups in total. The minimum atomic E-state index is -1.02. The lowest BCUT2D eigenvalue weighted by atomic mass is 10.1. The van der Waals surface area contributed by atoms with Crippen LogP contribution in [0.3, 0.4) is 0 Å². The SMILES string of the molecule is O=C(O)c1ccc(C(=O)n2ccc(C=Cc3cccs3)n2)cc1. The largest absolute Gasteiger partial charge is 0.478 e. The van der Waals surface area contributed by atoms with Gasteiger partial charge in [0.2, 0.25) is 0 Å². The van der Waals surface area contributed by atoms with Crippen LogP contribution in [0, 0.1) is 0 Å². The summed E-state index contributed by atoms with van der Waals surface area (Å²) in [5.41, 5.74) is 1.20. The van der Waals surface area contributed by atoms with Crippen molar-refractivity contribution in [2.24, 2.45) is 0 Å². The molecule has 0 saturated carbocycles. The van der Waals surface area contributed by atoms with Crippen molar-refractivity contribution in [3.8, 4) is 0 Å². The topological polar surface area (TPSA) is 72.2 Å². The van der Waals surface area contributed by atoms with Crippen molar-refractivity contribution in [1.29, 1.82) is 0 Å². The minimum absolute atomic E-state index is 0.140. The number of nitrogens with zero attached hydrogens (tertiary/aromatic N) is 2. The molecule has 0 aliphatic carbocycles. The van der Waals surface area contributed by atoms with Crippen molar-refractivity contribution < 1.29 is 14.7 Å². The van der Waals surface area contributed by atoms with Crippen LogP contribution in [0.1, 0.15) is 31.3 Å². The summed E-state index contributed by atoms with van der Waals surface area (Å²) >= 11 is 1.62. The molecule has 1 aromatic carbocycles. The lowest BCUT2D eigenvalue weighted by Crippen LogP contribution is -2.13. The van der Waals surface area contributed by atoms with Crippen LogP contribution >= 0.6 is 11.3 Å². The number of aromatic nitrogens is 2. The Kier molecular flexibility index (Phi) is 4.16. The monoisotopic (exact) mass is 324 g/mol. The van der Waals surface area contributed by atoms with Crippen LogP contribution in [-0.2, 0) is 0 Å². The zero-order chi connectivity index (χ0) is 16.2. The molecule has 0 spiro atoms. The number of hydrogen-bond acceptors (Lipinski definition) is 4. The first-order valence-corrected chi connectivity index (χ1v) is 7.67. The first-order valence-electron chi connectivity index (χ1n) is 6.79. The Morgan fingerprint density at radius 2 is 1.78 bits per heavy atom. The summed E-state index contributed by atoms with van der Waals surface area (Å²) < 4.78 is 1.24. The Morgan fingerprint density at radius 1 is 1.04 bits per heavy atom. The van der Waals surface area contributed by atoms with Gasteiger partial charge in [-0.1, -0.05) is 6.07 Å². The third kappa shape index (κ3) is 3.44. The molecule has 3 aromatic rings. The van der Waals surface area contributed by atoms with Crippen LogP contribution in [0.25, 0.3) is 12.2 Å². The smallest absolute Gasteiger partial charge is 0.335 e. The fourth-order valence-corrected chi connectivity index (χ4v) is 2.60. The molecule has 0 atom stereocenters. The van der Waals surface area contributed by atoms with Crippen LogP contribution in [0.5, 0.6) is 0 Å². The van der Waals surface area contributed by atoms with Gasteiger partial charge in [-0.3, -0.25) is 4.79 Å². The Labute approximate surface area is 136 Å². The second-order valence-corrected chi connectivity index (χ2v) is 5.70. The lowest BCUT2D eigenvalue weighted by molar-refractivity contribution is 0.0696. The molecule has 0 fully saturated rings. The van der Waals surface area contributed by atoms with Crippen LogP contribution in [0.15, 0.2) is 54.0 Å². The van der Waals surface area contributed by atoms with Gasteiger partial charge >= 0.3 is 5.97 Å². The molecule has 0 amide bonds. The zero-order valence-corrected chi connectivity index (χ0v) is 12.7. The maximum Gasteiger partial charge on any atom is 0.335 e. The average Bonchev–Trinajstić information content (AvgIpc) is 3.24. The van der Waals surface area contributed by atoms with E-state index in [0.717, 1.165) is 4.88 Å². The van der Waals surface area contributed by atoms with Gasteiger partial charge in [-0.2, -0.15) is 5.10 Å². The van der Waals surface area contributed by atoms with Gasteiger partial charge in [0.15, 0.2) is 0 Å². The summed E-state index contributed by atoms with van der Waals surface area (Å²) in [5, 5.41) is 15.1. The molecular weight excluding hydrogens is 312 g/mol. The van der Waals surface area contributed by atoms with Gasteiger partial charge in [0, 0.05) is 16.6 Å². The number of thiophene rings is 1. The molecule has 0 bridgehead atoms. The van der Waals surface area contributed by atoms with Crippen molar-refractivity contribution in [3.63, 3.8) is 0 Å². The van der Waals surface area contributed by atoms with Gasteiger partial charge in [-0.15, -0.1) is 11.3 Å². The number of carboxylic acid groups (broad SMARTS) is 1. The van der Waals surface area contributed by atoms with E-state index in [1.54, 1.807) is 23.6 Å². The molecule has 5 nitrogen and oxygen atoms in total. The molecule has 0 unspecified atom stereocenters. The van der Waals surface area contributed by atoms with Crippen molar-refractivity contribution in [2.45, 2.75) is 0 Å². The van der Waals surface area contributed by atoms with E-state index in [4.69, 9.17) is 5.11 Å². The first-order chi connectivity index (χ1) is 11.1. The highest BCUT2D eigenvalue weighted by atomic mass is 32.1. The summed E-state index contributed by atoms with van der Waals surface area (Å²) in [6.45, 7) is 0. The van der Waals surface area contributed by atoms with Crippen molar-refractivity contribution in [1.82, 2.24) is 9.78 Å². The molecule has 0 radical (unpaired) electrons. The van der Waals surface area contributed by atoms with E-state index in [1.807, 2.05) is 29.7 Å². The Hall–Kier alpha value is -2.99. The third-order valence-corrected chi connectivity index (χ3v) is 4.00. The second kappa shape index (κ2) is 6.41. The number of carbonyl (C=O) groups excluding carboxylic acids is 1. The molecule has 2 aromatic heterocycles. The van der Waals surface area contributed by atoms with Gasteiger partial charge in [0.25, 0.3) is 5.91 Å². The maximum absolute atomic E-state index is 12.3. The van der Waals surface area contributed by atoms with Crippen molar-refractivity contribution >= 4 is 35.4 Å². The second-order valence-electron chi connectivity index (χ2n) is 4.72. The molecule has 114 valence electrons. The van der Waals surface area contributed by atoms with Crippen molar-refractivity contribution in [3.05, 3.63) is 75.7 Å². The van der Waals surface area contributed by atoms with Gasteiger partial charge in [-0.25, -0.2) is 9.48 Å². The quantitative estimate of drug-likeness (QED) is 0.797. The highest BCUT2D eigenvalue weighted by Gasteiger charge is 2.11. The molecule has 0 aliphatic rings.